The molecule has 4 rings (SSSR count). The molecule has 3 aromatic carbocycles. The van der Waals surface area contributed by atoms with Gasteiger partial charge in [0, 0.05) is 11.3 Å². The van der Waals surface area contributed by atoms with Gasteiger partial charge in [-0.15, -0.1) is 0 Å². The highest BCUT2D eigenvalue weighted by Gasteiger charge is 2.47. The summed E-state index contributed by atoms with van der Waals surface area (Å²) in [6.45, 7) is 10.3. The predicted octanol–water partition coefficient (Wildman–Crippen LogP) is 6.14. The van der Waals surface area contributed by atoms with Crippen LogP contribution in [0.3, 0.4) is 0 Å². The molecule has 1 saturated heterocycles. The predicted molar refractivity (Wildman–Crippen MR) is 150 cm³/mol. The zero-order chi connectivity index (χ0) is 28.3. The Balaban J connectivity index is 1.86. The van der Waals surface area contributed by atoms with Gasteiger partial charge in [-0.1, -0.05) is 44.2 Å². The fourth-order valence-corrected chi connectivity index (χ4v) is 4.65. The zero-order valence-electron chi connectivity index (χ0n) is 22.9. The number of ketones is 1. The number of ether oxygens (including phenoxy) is 2. The first kappa shape index (κ1) is 27.6. The van der Waals surface area contributed by atoms with E-state index in [-0.39, 0.29) is 23.5 Å². The van der Waals surface area contributed by atoms with Gasteiger partial charge in [0.15, 0.2) is 0 Å². The van der Waals surface area contributed by atoms with E-state index in [1.54, 1.807) is 43.3 Å². The van der Waals surface area contributed by atoms with E-state index in [1.165, 1.54) is 11.0 Å². The maximum Gasteiger partial charge on any atom is 0.338 e. The van der Waals surface area contributed by atoms with Crippen LogP contribution in [0.5, 0.6) is 5.75 Å². The summed E-state index contributed by atoms with van der Waals surface area (Å²) in [6.07, 6.45) is 0. The van der Waals surface area contributed by atoms with Crippen molar-refractivity contribution in [3.05, 3.63) is 100 Å². The highest BCUT2D eigenvalue weighted by molar-refractivity contribution is 6.51. The van der Waals surface area contributed by atoms with Gasteiger partial charge in [-0.3, -0.25) is 14.5 Å². The Morgan fingerprint density at radius 1 is 0.949 bits per heavy atom. The second kappa shape index (κ2) is 11.6. The average Bonchev–Trinajstić information content (AvgIpc) is 3.17. The number of aliphatic hydroxyl groups excluding tert-OH is 1. The van der Waals surface area contributed by atoms with Crippen LogP contribution in [0.25, 0.3) is 5.76 Å². The van der Waals surface area contributed by atoms with Crippen LogP contribution in [0.15, 0.2) is 72.3 Å². The Bertz CT molecular complexity index is 1450. The Kier molecular flexibility index (Phi) is 8.19. The van der Waals surface area contributed by atoms with Crippen molar-refractivity contribution in [2.24, 2.45) is 5.92 Å². The number of carbonyl (C=O) groups excluding carboxylic acids is 3. The summed E-state index contributed by atoms with van der Waals surface area (Å²) in [5.41, 5.74) is 3.32. The quantitative estimate of drug-likeness (QED) is 0.164. The largest absolute Gasteiger partial charge is 0.507 e. The number of hydrogen-bond acceptors (Lipinski definition) is 6. The maximum absolute atomic E-state index is 13.5. The van der Waals surface area contributed by atoms with Crippen molar-refractivity contribution >= 4 is 29.1 Å². The molecule has 0 spiro atoms. The summed E-state index contributed by atoms with van der Waals surface area (Å²) in [4.78, 5) is 40.8. The molecule has 7 heteroatoms. The van der Waals surface area contributed by atoms with Crippen LogP contribution in [-0.2, 0) is 14.3 Å². The molecule has 3 aromatic rings. The highest BCUT2D eigenvalue weighted by Crippen LogP contribution is 2.43. The fraction of sp³-hybridized carbons (Fsp3) is 0.281. The maximum atomic E-state index is 13.5. The molecular formula is C32H33NO6. The normalized spacial score (nSPS) is 16.6. The summed E-state index contributed by atoms with van der Waals surface area (Å²) in [6, 6.07) is 18.1. The molecule has 1 aliphatic rings. The number of aryl methyl sites for hydroxylation is 2. The number of aliphatic hydroxyl groups is 1. The molecule has 0 radical (unpaired) electrons. The lowest BCUT2D eigenvalue weighted by Crippen LogP contribution is -2.30. The van der Waals surface area contributed by atoms with Gasteiger partial charge in [-0.2, -0.15) is 0 Å². The van der Waals surface area contributed by atoms with E-state index in [4.69, 9.17) is 9.47 Å². The fourth-order valence-electron chi connectivity index (χ4n) is 4.65. The molecule has 0 aromatic heterocycles. The van der Waals surface area contributed by atoms with Crippen molar-refractivity contribution in [3.8, 4) is 5.75 Å². The van der Waals surface area contributed by atoms with E-state index in [0.29, 0.717) is 35.1 Å². The van der Waals surface area contributed by atoms with Crippen molar-refractivity contribution in [2.45, 2.75) is 40.7 Å². The lowest BCUT2D eigenvalue weighted by molar-refractivity contribution is -0.132. The average molecular weight is 528 g/mol. The number of hydrogen-bond donors (Lipinski definition) is 1. The topological polar surface area (TPSA) is 93.1 Å². The van der Waals surface area contributed by atoms with Gasteiger partial charge in [0.25, 0.3) is 11.7 Å². The number of anilines is 1. The monoisotopic (exact) mass is 527 g/mol. The van der Waals surface area contributed by atoms with Gasteiger partial charge in [0.1, 0.15) is 11.5 Å². The van der Waals surface area contributed by atoms with Crippen molar-refractivity contribution in [1.82, 2.24) is 0 Å². The van der Waals surface area contributed by atoms with Gasteiger partial charge in [-0.05, 0) is 79.8 Å². The van der Waals surface area contributed by atoms with Gasteiger partial charge in [0.2, 0.25) is 0 Å². The molecule has 39 heavy (non-hydrogen) atoms. The molecule has 1 heterocycles. The lowest BCUT2D eigenvalue weighted by atomic mass is 9.92. The van der Waals surface area contributed by atoms with Crippen molar-refractivity contribution < 1.29 is 29.0 Å². The smallest absolute Gasteiger partial charge is 0.338 e. The van der Waals surface area contributed by atoms with E-state index < -0.39 is 23.7 Å². The number of carbonyl (C=O) groups is 3. The van der Waals surface area contributed by atoms with Gasteiger partial charge in [-0.25, -0.2) is 4.79 Å². The molecule has 0 saturated carbocycles. The summed E-state index contributed by atoms with van der Waals surface area (Å²) in [5, 5.41) is 11.5. The molecule has 1 unspecified atom stereocenters. The van der Waals surface area contributed by atoms with E-state index >= 15 is 0 Å². The van der Waals surface area contributed by atoms with E-state index in [2.05, 4.69) is 13.8 Å². The van der Waals surface area contributed by atoms with Crippen LogP contribution in [-0.4, -0.2) is 36.0 Å². The first-order valence-corrected chi connectivity index (χ1v) is 13.0. The standard InChI is InChI=1S/C32H33NO6/c1-6-38-32(37)23-11-9-12-24(17-23)33-28(25-13-8-7-10-20(25)4)27(30(35)31(33)36)29(34)22-14-15-26(21(5)16-22)39-18-19(2)3/h7-17,19,28,34H,6,18H2,1-5H3/b29-27+. The summed E-state index contributed by atoms with van der Waals surface area (Å²) >= 11 is 0. The molecule has 202 valence electrons. The van der Waals surface area contributed by atoms with Gasteiger partial charge >= 0.3 is 5.97 Å². The molecule has 1 atom stereocenters. The number of benzene rings is 3. The van der Waals surface area contributed by atoms with E-state index in [1.807, 2.05) is 38.1 Å². The molecule has 7 nitrogen and oxygen atoms in total. The minimum atomic E-state index is -0.902. The summed E-state index contributed by atoms with van der Waals surface area (Å²) < 4.78 is 11.0. The lowest BCUT2D eigenvalue weighted by Gasteiger charge is -2.27. The summed E-state index contributed by atoms with van der Waals surface area (Å²) in [7, 11) is 0. The highest BCUT2D eigenvalue weighted by atomic mass is 16.5. The molecule has 0 aliphatic carbocycles. The molecule has 0 bridgehead atoms. The van der Waals surface area contributed by atoms with E-state index in [9.17, 15) is 19.5 Å². The molecule has 1 fully saturated rings. The Morgan fingerprint density at radius 2 is 1.69 bits per heavy atom. The van der Waals surface area contributed by atoms with Crippen molar-refractivity contribution in [3.63, 3.8) is 0 Å². The van der Waals surface area contributed by atoms with Crippen LogP contribution in [0.2, 0.25) is 0 Å². The second-order valence-electron chi connectivity index (χ2n) is 9.98. The van der Waals surface area contributed by atoms with Gasteiger partial charge in [0.05, 0.1) is 30.4 Å². The Morgan fingerprint density at radius 3 is 2.36 bits per heavy atom. The third-order valence-electron chi connectivity index (χ3n) is 6.58. The number of nitrogens with zero attached hydrogens (tertiary/aromatic N) is 1. The molecular weight excluding hydrogens is 494 g/mol. The molecule has 1 amide bonds. The van der Waals surface area contributed by atoms with Crippen LogP contribution in [0.1, 0.15) is 59.4 Å². The van der Waals surface area contributed by atoms with E-state index in [0.717, 1.165) is 11.1 Å². The Labute approximate surface area is 228 Å². The second-order valence-corrected chi connectivity index (χ2v) is 9.98. The Hall–Kier alpha value is -4.39. The van der Waals surface area contributed by atoms with Crippen LogP contribution >= 0.6 is 0 Å². The first-order valence-electron chi connectivity index (χ1n) is 13.0. The van der Waals surface area contributed by atoms with Crippen LogP contribution < -0.4 is 9.64 Å². The number of amides is 1. The van der Waals surface area contributed by atoms with Crippen molar-refractivity contribution in [1.29, 1.82) is 0 Å². The minimum Gasteiger partial charge on any atom is -0.507 e. The number of rotatable bonds is 8. The molecule has 1 N–H and O–H groups in total. The zero-order valence-corrected chi connectivity index (χ0v) is 22.9. The van der Waals surface area contributed by atoms with Crippen LogP contribution in [0, 0.1) is 19.8 Å². The van der Waals surface area contributed by atoms with Crippen LogP contribution in [0.4, 0.5) is 5.69 Å². The van der Waals surface area contributed by atoms with Gasteiger partial charge < -0.3 is 14.6 Å². The minimum absolute atomic E-state index is 0.0221. The third-order valence-corrected chi connectivity index (χ3v) is 6.58. The number of esters is 1. The first-order chi connectivity index (χ1) is 18.6. The summed E-state index contributed by atoms with van der Waals surface area (Å²) in [5.74, 6) is -1.36. The molecule has 1 aliphatic heterocycles. The SMILES string of the molecule is CCOC(=O)c1cccc(N2C(=O)C(=O)/C(=C(/O)c3ccc(OCC(C)C)c(C)c3)C2c2ccccc2C)c1. The third kappa shape index (κ3) is 5.58. The van der Waals surface area contributed by atoms with Crippen molar-refractivity contribution in [2.75, 3.05) is 18.1 Å². The number of Topliss-reactive ketones (excluding diaryl/α,β-unsaturated/α-hetero) is 1.